The Labute approximate surface area is 122 Å². The van der Waals surface area contributed by atoms with Gasteiger partial charge in [-0.2, -0.15) is 0 Å². The molecule has 0 spiro atoms. The molecule has 0 aliphatic heterocycles. The molecule has 2 nitrogen and oxygen atoms in total. The molecule has 1 aromatic rings. The van der Waals surface area contributed by atoms with Crippen LogP contribution in [0.5, 0.6) is 0 Å². The van der Waals surface area contributed by atoms with Crippen LogP contribution in [0, 0.1) is 5.82 Å². The highest BCUT2D eigenvalue weighted by atomic mass is 19.1. The van der Waals surface area contributed by atoms with Gasteiger partial charge in [0.2, 0.25) is 0 Å². The Morgan fingerprint density at radius 1 is 1.30 bits per heavy atom. The van der Waals surface area contributed by atoms with Crippen LogP contribution in [0.1, 0.15) is 51.5 Å². The summed E-state index contributed by atoms with van der Waals surface area (Å²) in [6, 6.07) is 5.97. The first kappa shape index (κ1) is 15.3. The Morgan fingerprint density at radius 3 is 2.60 bits per heavy atom. The van der Waals surface area contributed by atoms with Crippen LogP contribution in [0.4, 0.5) is 10.1 Å². The molecule has 1 aliphatic rings. The molecule has 0 radical (unpaired) electrons. The van der Waals surface area contributed by atoms with E-state index in [9.17, 15) is 4.39 Å². The fourth-order valence-corrected chi connectivity index (χ4v) is 3.36. The first-order valence-corrected chi connectivity index (χ1v) is 7.93. The number of anilines is 1. The third kappa shape index (κ3) is 3.51. The van der Waals surface area contributed by atoms with Gasteiger partial charge >= 0.3 is 0 Å². The smallest absolute Gasteiger partial charge is 0.128 e. The van der Waals surface area contributed by atoms with E-state index in [1.54, 1.807) is 6.07 Å². The largest absolute Gasteiger partial charge is 0.369 e. The van der Waals surface area contributed by atoms with Crippen LogP contribution in [-0.2, 0) is 6.42 Å². The molecule has 0 amide bonds. The number of hydrogen-bond acceptors (Lipinski definition) is 2. The molecule has 2 rings (SSSR count). The first-order chi connectivity index (χ1) is 9.63. The molecule has 1 aliphatic carbocycles. The van der Waals surface area contributed by atoms with Crippen molar-refractivity contribution in [3.05, 3.63) is 29.6 Å². The number of benzene rings is 1. The highest BCUT2D eigenvalue weighted by Gasteiger charge is 2.23. The van der Waals surface area contributed by atoms with E-state index in [4.69, 9.17) is 5.73 Å². The van der Waals surface area contributed by atoms with Gasteiger partial charge in [0.15, 0.2) is 0 Å². The van der Waals surface area contributed by atoms with E-state index >= 15 is 0 Å². The van der Waals surface area contributed by atoms with E-state index in [0.29, 0.717) is 12.5 Å². The fraction of sp³-hybridized carbons (Fsp3) is 0.647. The second-order valence-electron chi connectivity index (χ2n) is 6.00. The molecular formula is C17H27FN2. The molecule has 1 atom stereocenters. The highest BCUT2D eigenvalue weighted by Crippen LogP contribution is 2.31. The quantitative estimate of drug-likeness (QED) is 0.885. The summed E-state index contributed by atoms with van der Waals surface area (Å²) in [4.78, 5) is 2.39. The van der Waals surface area contributed by atoms with Crippen molar-refractivity contribution in [2.45, 2.75) is 64.5 Å². The van der Waals surface area contributed by atoms with Crippen LogP contribution in [0.25, 0.3) is 0 Å². The minimum Gasteiger partial charge on any atom is -0.369 e. The Hall–Kier alpha value is -1.09. The Morgan fingerprint density at radius 2 is 2.00 bits per heavy atom. The Balaban J connectivity index is 2.30. The molecule has 1 unspecified atom stereocenters. The van der Waals surface area contributed by atoms with Crippen LogP contribution >= 0.6 is 0 Å². The minimum atomic E-state index is -0.117. The Kier molecular flexibility index (Phi) is 5.41. The fourth-order valence-electron chi connectivity index (χ4n) is 3.36. The van der Waals surface area contributed by atoms with Crippen LogP contribution in [0.3, 0.4) is 0 Å². The molecular weight excluding hydrogens is 251 g/mol. The maximum atomic E-state index is 14.2. The van der Waals surface area contributed by atoms with E-state index in [2.05, 4.69) is 17.9 Å². The lowest BCUT2D eigenvalue weighted by Crippen LogP contribution is -2.37. The van der Waals surface area contributed by atoms with Gasteiger partial charge in [-0.3, -0.25) is 0 Å². The summed E-state index contributed by atoms with van der Waals surface area (Å²) >= 11 is 0. The van der Waals surface area contributed by atoms with E-state index in [0.717, 1.165) is 17.8 Å². The topological polar surface area (TPSA) is 29.3 Å². The second-order valence-corrected chi connectivity index (χ2v) is 6.00. The molecule has 0 heterocycles. The SMILES string of the molecule is CCN(c1cccc(F)c1CC(C)N)C1CCCCC1. The molecule has 112 valence electrons. The van der Waals surface area contributed by atoms with E-state index in [1.807, 2.05) is 13.0 Å². The lowest BCUT2D eigenvalue weighted by Gasteiger charge is -2.37. The predicted octanol–water partition coefficient (Wildman–Crippen LogP) is 3.87. The van der Waals surface area contributed by atoms with Gasteiger partial charge in [-0.1, -0.05) is 25.3 Å². The van der Waals surface area contributed by atoms with Gasteiger partial charge in [-0.05, 0) is 45.2 Å². The average molecular weight is 278 g/mol. The van der Waals surface area contributed by atoms with E-state index in [1.165, 1.54) is 32.1 Å². The van der Waals surface area contributed by atoms with Crippen LogP contribution in [0.15, 0.2) is 18.2 Å². The van der Waals surface area contributed by atoms with Crippen molar-refractivity contribution in [1.82, 2.24) is 0 Å². The molecule has 20 heavy (non-hydrogen) atoms. The summed E-state index contributed by atoms with van der Waals surface area (Å²) in [5.74, 6) is -0.117. The third-order valence-corrected chi connectivity index (χ3v) is 4.29. The van der Waals surface area contributed by atoms with E-state index in [-0.39, 0.29) is 11.9 Å². The van der Waals surface area contributed by atoms with Crippen LogP contribution < -0.4 is 10.6 Å². The van der Waals surface area contributed by atoms with E-state index < -0.39 is 0 Å². The van der Waals surface area contributed by atoms with Gasteiger partial charge in [0.1, 0.15) is 5.82 Å². The summed E-state index contributed by atoms with van der Waals surface area (Å²) in [5.41, 5.74) is 7.74. The number of hydrogen-bond donors (Lipinski definition) is 1. The molecule has 0 saturated heterocycles. The number of nitrogens with zero attached hydrogens (tertiary/aromatic N) is 1. The summed E-state index contributed by atoms with van der Waals surface area (Å²) in [6.45, 7) is 5.03. The highest BCUT2D eigenvalue weighted by molar-refractivity contribution is 5.55. The number of rotatable bonds is 5. The number of nitrogens with two attached hydrogens (primary N) is 1. The van der Waals surface area contributed by atoms with Crippen molar-refractivity contribution >= 4 is 5.69 Å². The summed E-state index contributed by atoms with van der Waals surface area (Å²) < 4.78 is 14.2. The van der Waals surface area contributed by atoms with Crippen molar-refractivity contribution in [2.24, 2.45) is 5.73 Å². The third-order valence-electron chi connectivity index (χ3n) is 4.29. The van der Waals surface area contributed by atoms with Gasteiger partial charge in [0.05, 0.1) is 0 Å². The summed E-state index contributed by atoms with van der Waals surface area (Å²) in [5, 5.41) is 0. The van der Waals surface area contributed by atoms with Gasteiger partial charge in [0, 0.05) is 29.9 Å². The standard InChI is InChI=1S/C17H27FN2/c1-3-20(14-8-5-4-6-9-14)17-11-7-10-16(18)15(17)12-13(2)19/h7,10-11,13-14H,3-6,8-9,12,19H2,1-2H3. The average Bonchev–Trinajstić information content (AvgIpc) is 2.44. The minimum absolute atomic E-state index is 0.0179. The van der Waals surface area contributed by atoms with Gasteiger partial charge in [-0.25, -0.2) is 4.39 Å². The molecule has 2 N–H and O–H groups in total. The molecule has 1 aromatic carbocycles. The Bertz CT molecular complexity index is 425. The zero-order chi connectivity index (χ0) is 14.5. The lowest BCUT2D eigenvalue weighted by atomic mass is 9.92. The molecule has 3 heteroatoms. The van der Waals surface area contributed by atoms with Crippen LogP contribution in [0.2, 0.25) is 0 Å². The van der Waals surface area contributed by atoms with Gasteiger partial charge in [0.25, 0.3) is 0 Å². The van der Waals surface area contributed by atoms with Crippen molar-refractivity contribution < 1.29 is 4.39 Å². The van der Waals surface area contributed by atoms with Crippen molar-refractivity contribution in [2.75, 3.05) is 11.4 Å². The molecule has 0 bridgehead atoms. The zero-order valence-electron chi connectivity index (χ0n) is 12.7. The zero-order valence-corrected chi connectivity index (χ0v) is 12.7. The molecule has 1 saturated carbocycles. The molecule has 0 aromatic heterocycles. The normalized spacial score (nSPS) is 18.0. The monoisotopic (exact) mass is 278 g/mol. The predicted molar refractivity (Wildman–Crippen MR) is 83.6 cm³/mol. The van der Waals surface area contributed by atoms with Crippen LogP contribution in [-0.4, -0.2) is 18.6 Å². The summed E-state index contributed by atoms with van der Waals surface area (Å²) in [7, 11) is 0. The second kappa shape index (κ2) is 7.07. The summed E-state index contributed by atoms with van der Waals surface area (Å²) in [6.07, 6.45) is 6.97. The van der Waals surface area contributed by atoms with Crippen molar-refractivity contribution in [3.63, 3.8) is 0 Å². The maximum absolute atomic E-state index is 14.2. The van der Waals surface area contributed by atoms with Crippen molar-refractivity contribution in [3.8, 4) is 0 Å². The molecule has 1 fully saturated rings. The van der Waals surface area contributed by atoms with Crippen molar-refractivity contribution in [1.29, 1.82) is 0 Å². The van der Waals surface area contributed by atoms with Gasteiger partial charge in [-0.15, -0.1) is 0 Å². The number of halogens is 1. The maximum Gasteiger partial charge on any atom is 0.128 e. The lowest BCUT2D eigenvalue weighted by molar-refractivity contribution is 0.417. The first-order valence-electron chi connectivity index (χ1n) is 7.93. The van der Waals surface area contributed by atoms with Gasteiger partial charge < -0.3 is 10.6 Å².